The van der Waals surface area contributed by atoms with Gasteiger partial charge >= 0.3 is 5.97 Å². The van der Waals surface area contributed by atoms with Gasteiger partial charge in [-0.2, -0.15) is 0 Å². The summed E-state index contributed by atoms with van der Waals surface area (Å²) in [6.07, 6.45) is 0.0587. The number of hydrogen-bond donors (Lipinski definition) is 2. The quantitative estimate of drug-likeness (QED) is 0.607. The van der Waals surface area contributed by atoms with Crippen LogP contribution in [-0.2, 0) is 9.59 Å². The molecule has 0 aromatic rings. The van der Waals surface area contributed by atoms with Crippen molar-refractivity contribution in [2.24, 2.45) is 0 Å². The molecule has 2 N–H and O–H groups in total. The van der Waals surface area contributed by atoms with E-state index in [4.69, 9.17) is 10.2 Å². The highest BCUT2D eigenvalue weighted by atomic mass is 16.4. The van der Waals surface area contributed by atoms with Crippen LogP contribution in [-0.4, -0.2) is 45.7 Å². The molecule has 1 fully saturated rings. The fraction of sp³-hybridized carbons (Fsp3) is 0.750. The number of carboxylic acids is 1. The standard InChI is InChI=1S/C8H13NO4/c1-5(10)7(11)9-4-2-3-6(9)8(12)13/h5-6,10H,2-4H2,1H3,(H,12,13)/t5-,6?/m0/s1. The molecule has 1 heterocycles. The first-order chi connectivity index (χ1) is 6.04. The van der Waals surface area contributed by atoms with Crippen molar-refractivity contribution in [1.29, 1.82) is 0 Å². The van der Waals surface area contributed by atoms with Gasteiger partial charge in [0.2, 0.25) is 0 Å². The first-order valence-corrected chi connectivity index (χ1v) is 4.25. The maximum Gasteiger partial charge on any atom is 0.326 e. The Morgan fingerprint density at radius 3 is 2.62 bits per heavy atom. The molecule has 5 heteroatoms. The van der Waals surface area contributed by atoms with Crippen molar-refractivity contribution in [2.45, 2.75) is 31.9 Å². The summed E-state index contributed by atoms with van der Waals surface area (Å²) >= 11 is 0. The normalized spacial score (nSPS) is 24.5. The van der Waals surface area contributed by atoms with Gasteiger partial charge in [0, 0.05) is 6.54 Å². The SMILES string of the molecule is C[C@H](O)C(=O)N1CCCC1C(=O)O. The zero-order valence-corrected chi connectivity index (χ0v) is 7.43. The first kappa shape index (κ1) is 9.98. The van der Waals surface area contributed by atoms with E-state index in [1.165, 1.54) is 11.8 Å². The second-order valence-corrected chi connectivity index (χ2v) is 3.20. The smallest absolute Gasteiger partial charge is 0.326 e. The van der Waals surface area contributed by atoms with Crippen LogP contribution in [0, 0.1) is 0 Å². The van der Waals surface area contributed by atoms with E-state index < -0.39 is 24.0 Å². The van der Waals surface area contributed by atoms with Crippen LogP contribution in [0.15, 0.2) is 0 Å². The number of carboxylic acid groups (broad SMARTS) is 1. The van der Waals surface area contributed by atoms with E-state index in [-0.39, 0.29) is 0 Å². The largest absolute Gasteiger partial charge is 0.480 e. The number of hydrogen-bond acceptors (Lipinski definition) is 3. The molecule has 2 atom stereocenters. The fourth-order valence-corrected chi connectivity index (χ4v) is 1.53. The molecule has 1 rings (SSSR count). The van der Waals surface area contributed by atoms with Crippen molar-refractivity contribution in [1.82, 2.24) is 4.90 Å². The van der Waals surface area contributed by atoms with Crippen molar-refractivity contribution in [3.8, 4) is 0 Å². The molecule has 1 amide bonds. The summed E-state index contributed by atoms with van der Waals surface area (Å²) in [7, 11) is 0. The number of aliphatic carboxylic acids is 1. The van der Waals surface area contributed by atoms with E-state index in [2.05, 4.69) is 0 Å². The van der Waals surface area contributed by atoms with Crippen molar-refractivity contribution in [3.05, 3.63) is 0 Å². The highest BCUT2D eigenvalue weighted by molar-refractivity contribution is 5.86. The molecule has 5 nitrogen and oxygen atoms in total. The summed E-state index contributed by atoms with van der Waals surface area (Å²) < 4.78 is 0. The van der Waals surface area contributed by atoms with Crippen LogP contribution in [0.3, 0.4) is 0 Å². The van der Waals surface area contributed by atoms with Crippen LogP contribution in [0.4, 0.5) is 0 Å². The maximum atomic E-state index is 11.3. The van der Waals surface area contributed by atoms with E-state index in [0.717, 1.165) is 0 Å². The van der Waals surface area contributed by atoms with Crippen molar-refractivity contribution in [3.63, 3.8) is 0 Å². The van der Waals surface area contributed by atoms with Gasteiger partial charge in [-0.3, -0.25) is 4.79 Å². The molecule has 0 aliphatic carbocycles. The fourth-order valence-electron chi connectivity index (χ4n) is 1.53. The van der Waals surface area contributed by atoms with Gasteiger partial charge in [-0.25, -0.2) is 4.79 Å². The average molecular weight is 187 g/mol. The lowest BCUT2D eigenvalue weighted by atomic mass is 10.2. The summed E-state index contributed by atoms with van der Waals surface area (Å²) in [5.41, 5.74) is 0. The zero-order chi connectivity index (χ0) is 10.0. The van der Waals surface area contributed by atoms with Crippen molar-refractivity contribution >= 4 is 11.9 Å². The molecule has 74 valence electrons. The summed E-state index contributed by atoms with van der Waals surface area (Å²) in [4.78, 5) is 23.2. The molecule has 1 unspecified atom stereocenters. The lowest BCUT2D eigenvalue weighted by Gasteiger charge is -2.22. The van der Waals surface area contributed by atoms with Crippen molar-refractivity contribution < 1.29 is 19.8 Å². The Morgan fingerprint density at radius 1 is 1.54 bits per heavy atom. The van der Waals surface area contributed by atoms with Gasteiger partial charge < -0.3 is 15.1 Å². The zero-order valence-electron chi connectivity index (χ0n) is 7.43. The van der Waals surface area contributed by atoms with Crippen LogP contribution in [0.25, 0.3) is 0 Å². The summed E-state index contributed by atoms with van der Waals surface area (Å²) in [5.74, 6) is -1.49. The Morgan fingerprint density at radius 2 is 2.15 bits per heavy atom. The van der Waals surface area contributed by atoms with E-state index >= 15 is 0 Å². The highest BCUT2D eigenvalue weighted by Crippen LogP contribution is 2.18. The minimum atomic E-state index is -1.11. The van der Waals surface area contributed by atoms with Gasteiger partial charge in [0.25, 0.3) is 5.91 Å². The molecule has 0 aromatic heterocycles. The van der Waals surface area contributed by atoms with Gasteiger partial charge in [0.1, 0.15) is 12.1 Å². The molecule has 0 bridgehead atoms. The van der Waals surface area contributed by atoms with Crippen LogP contribution >= 0.6 is 0 Å². The van der Waals surface area contributed by atoms with Crippen LogP contribution in [0.5, 0.6) is 0 Å². The Balaban J connectivity index is 2.68. The molecular formula is C8H13NO4. The second kappa shape index (κ2) is 3.74. The third kappa shape index (κ3) is 1.98. The number of carbonyl (C=O) groups is 2. The van der Waals surface area contributed by atoms with E-state index in [9.17, 15) is 9.59 Å². The topological polar surface area (TPSA) is 77.8 Å². The van der Waals surface area contributed by atoms with Crippen molar-refractivity contribution in [2.75, 3.05) is 6.54 Å². The van der Waals surface area contributed by atoms with Gasteiger partial charge in [0.05, 0.1) is 0 Å². The second-order valence-electron chi connectivity index (χ2n) is 3.20. The van der Waals surface area contributed by atoms with Crippen LogP contribution in [0.2, 0.25) is 0 Å². The Labute approximate surface area is 76.0 Å². The number of carbonyl (C=O) groups excluding carboxylic acids is 1. The average Bonchev–Trinajstić information content (AvgIpc) is 2.50. The minimum absolute atomic E-state index is 0.431. The molecule has 1 aliphatic heterocycles. The molecular weight excluding hydrogens is 174 g/mol. The number of aliphatic hydroxyl groups is 1. The Bertz CT molecular complexity index is 226. The Hall–Kier alpha value is -1.10. The highest BCUT2D eigenvalue weighted by Gasteiger charge is 2.35. The number of amides is 1. The number of likely N-dealkylation sites (tertiary alicyclic amines) is 1. The van der Waals surface area contributed by atoms with Gasteiger partial charge in [-0.15, -0.1) is 0 Å². The van der Waals surface area contributed by atoms with Gasteiger partial charge in [0.15, 0.2) is 0 Å². The molecule has 0 spiro atoms. The predicted octanol–water partition coefficient (Wildman–Crippen LogP) is -0.557. The lowest BCUT2D eigenvalue weighted by molar-refractivity contribution is -0.151. The number of aliphatic hydroxyl groups excluding tert-OH is 1. The summed E-state index contributed by atoms with van der Waals surface area (Å²) in [5, 5.41) is 17.7. The van der Waals surface area contributed by atoms with Crippen LogP contribution < -0.4 is 0 Å². The third-order valence-corrected chi connectivity index (χ3v) is 2.18. The third-order valence-electron chi connectivity index (χ3n) is 2.18. The van der Waals surface area contributed by atoms with Gasteiger partial charge in [-0.1, -0.05) is 0 Å². The predicted molar refractivity (Wildman–Crippen MR) is 44.1 cm³/mol. The number of nitrogens with zero attached hydrogens (tertiary/aromatic N) is 1. The minimum Gasteiger partial charge on any atom is -0.480 e. The molecule has 0 aromatic carbocycles. The number of rotatable bonds is 2. The molecule has 0 saturated carbocycles. The van der Waals surface area contributed by atoms with Crippen LogP contribution in [0.1, 0.15) is 19.8 Å². The molecule has 1 aliphatic rings. The molecule has 0 radical (unpaired) electrons. The molecule has 13 heavy (non-hydrogen) atoms. The van der Waals surface area contributed by atoms with E-state index in [1.54, 1.807) is 0 Å². The maximum absolute atomic E-state index is 11.3. The monoisotopic (exact) mass is 187 g/mol. The first-order valence-electron chi connectivity index (χ1n) is 4.25. The van der Waals surface area contributed by atoms with E-state index in [1.807, 2.05) is 0 Å². The summed E-state index contributed by atoms with van der Waals surface area (Å²) in [6.45, 7) is 1.78. The molecule has 1 saturated heterocycles. The van der Waals surface area contributed by atoms with E-state index in [0.29, 0.717) is 19.4 Å². The summed E-state index contributed by atoms with van der Waals surface area (Å²) in [6, 6.07) is -0.748. The Kier molecular flexibility index (Phi) is 2.87. The lowest BCUT2D eigenvalue weighted by Crippen LogP contribution is -2.44. The van der Waals surface area contributed by atoms with Gasteiger partial charge in [-0.05, 0) is 19.8 Å².